The van der Waals surface area contributed by atoms with Crippen molar-refractivity contribution in [2.75, 3.05) is 20.3 Å². The second kappa shape index (κ2) is 7.35. The number of benzene rings is 1. The second-order valence-corrected chi connectivity index (χ2v) is 3.95. The highest BCUT2D eigenvalue weighted by molar-refractivity contribution is 5.19. The Bertz CT molecular complexity index is 365. The molecule has 0 fully saturated rings. The Labute approximate surface area is 104 Å². The van der Waals surface area contributed by atoms with E-state index in [1.165, 1.54) is 7.11 Å². The van der Waals surface area contributed by atoms with Crippen LogP contribution in [0.3, 0.4) is 0 Å². The minimum absolute atomic E-state index is 0.202. The Morgan fingerprint density at radius 1 is 1.28 bits per heavy atom. The van der Waals surface area contributed by atoms with Gasteiger partial charge in [-0.05, 0) is 30.7 Å². The van der Waals surface area contributed by atoms with Crippen molar-refractivity contribution in [3.8, 4) is 0 Å². The summed E-state index contributed by atoms with van der Waals surface area (Å²) in [4.78, 5) is 0. The van der Waals surface area contributed by atoms with Crippen LogP contribution in [0.4, 0.5) is 13.2 Å². The van der Waals surface area contributed by atoms with Gasteiger partial charge in [0.25, 0.3) is 0 Å². The van der Waals surface area contributed by atoms with Crippen LogP contribution in [0.5, 0.6) is 0 Å². The van der Waals surface area contributed by atoms with Crippen LogP contribution in [0.15, 0.2) is 12.1 Å². The van der Waals surface area contributed by atoms with Gasteiger partial charge in [-0.25, -0.2) is 13.2 Å². The Hall–Kier alpha value is -1.11. The molecule has 0 saturated heterocycles. The van der Waals surface area contributed by atoms with Gasteiger partial charge in [-0.1, -0.05) is 0 Å². The lowest BCUT2D eigenvalue weighted by atomic mass is 10.2. The molecule has 0 amide bonds. The Kier molecular flexibility index (Phi) is 6.11. The first-order valence-corrected chi connectivity index (χ1v) is 5.55. The van der Waals surface area contributed by atoms with Gasteiger partial charge in [0.05, 0.1) is 12.7 Å². The van der Waals surface area contributed by atoms with E-state index in [4.69, 9.17) is 4.74 Å². The largest absolute Gasteiger partial charge is 0.391 e. The molecule has 3 nitrogen and oxygen atoms in total. The summed E-state index contributed by atoms with van der Waals surface area (Å²) in [5, 5.41) is 12.2. The summed E-state index contributed by atoms with van der Waals surface area (Å²) in [6.07, 6.45) is -0.121. The first-order chi connectivity index (χ1) is 8.54. The molecule has 1 aromatic carbocycles. The van der Waals surface area contributed by atoms with Crippen LogP contribution in [-0.4, -0.2) is 31.5 Å². The number of rotatable bonds is 7. The lowest BCUT2D eigenvalue weighted by Crippen LogP contribution is -2.23. The summed E-state index contributed by atoms with van der Waals surface area (Å²) < 4.78 is 43.2. The second-order valence-electron chi connectivity index (χ2n) is 3.95. The third kappa shape index (κ3) is 4.64. The molecule has 6 heteroatoms. The number of hydrogen-bond acceptors (Lipinski definition) is 3. The topological polar surface area (TPSA) is 41.5 Å². The van der Waals surface area contributed by atoms with Crippen molar-refractivity contribution in [1.29, 1.82) is 0 Å². The third-order valence-corrected chi connectivity index (χ3v) is 2.39. The van der Waals surface area contributed by atoms with Gasteiger partial charge >= 0.3 is 0 Å². The molecule has 0 aliphatic heterocycles. The Morgan fingerprint density at radius 2 is 1.89 bits per heavy atom. The average molecular weight is 263 g/mol. The molecule has 18 heavy (non-hydrogen) atoms. The van der Waals surface area contributed by atoms with E-state index in [2.05, 4.69) is 5.32 Å². The predicted molar refractivity (Wildman–Crippen MR) is 60.5 cm³/mol. The maximum atomic E-state index is 12.9. The van der Waals surface area contributed by atoms with Crippen molar-refractivity contribution in [3.63, 3.8) is 0 Å². The Balaban J connectivity index is 2.36. The van der Waals surface area contributed by atoms with Gasteiger partial charge in [-0.2, -0.15) is 0 Å². The van der Waals surface area contributed by atoms with Crippen molar-refractivity contribution in [1.82, 2.24) is 5.32 Å². The highest BCUT2D eigenvalue weighted by atomic mass is 19.2. The fraction of sp³-hybridized carbons (Fsp3) is 0.500. The van der Waals surface area contributed by atoms with E-state index in [1.807, 2.05) is 0 Å². The molecule has 0 aliphatic carbocycles. The molecule has 0 bridgehead atoms. The molecular weight excluding hydrogens is 247 g/mol. The first-order valence-electron chi connectivity index (χ1n) is 5.55. The van der Waals surface area contributed by atoms with Gasteiger partial charge < -0.3 is 15.2 Å². The molecule has 1 rings (SSSR count). The van der Waals surface area contributed by atoms with Gasteiger partial charge in [-0.15, -0.1) is 0 Å². The molecule has 0 radical (unpaired) electrons. The summed E-state index contributed by atoms with van der Waals surface area (Å²) >= 11 is 0. The lowest BCUT2D eigenvalue weighted by Gasteiger charge is -2.10. The normalized spacial score (nSPS) is 12.7. The van der Waals surface area contributed by atoms with Crippen LogP contribution in [0, 0.1) is 17.5 Å². The van der Waals surface area contributed by atoms with Crippen molar-refractivity contribution in [3.05, 3.63) is 35.1 Å². The average Bonchev–Trinajstić information content (AvgIpc) is 2.32. The number of methoxy groups -OCH3 is 1. The van der Waals surface area contributed by atoms with Gasteiger partial charge in [0.15, 0.2) is 17.5 Å². The minimum Gasteiger partial charge on any atom is -0.391 e. The highest BCUT2D eigenvalue weighted by Crippen LogP contribution is 2.13. The molecule has 0 saturated carbocycles. The quantitative estimate of drug-likeness (QED) is 0.580. The zero-order chi connectivity index (χ0) is 13.5. The fourth-order valence-corrected chi connectivity index (χ4v) is 1.49. The maximum absolute atomic E-state index is 12.9. The van der Waals surface area contributed by atoms with Crippen molar-refractivity contribution >= 4 is 0 Å². The van der Waals surface area contributed by atoms with Crippen molar-refractivity contribution < 1.29 is 23.0 Å². The molecule has 1 aromatic rings. The number of ether oxygens (including phenoxy) is 1. The SMILES string of the molecule is COCC(O)CCNCc1cc(F)c(F)c(F)c1. The molecule has 0 heterocycles. The monoisotopic (exact) mass is 263 g/mol. The molecule has 102 valence electrons. The van der Waals surface area contributed by atoms with Crippen molar-refractivity contribution in [2.45, 2.75) is 19.1 Å². The van der Waals surface area contributed by atoms with Gasteiger partial charge in [0, 0.05) is 13.7 Å². The summed E-state index contributed by atoms with van der Waals surface area (Å²) in [5.41, 5.74) is 0.313. The van der Waals surface area contributed by atoms with Crippen LogP contribution in [0.1, 0.15) is 12.0 Å². The standard InChI is InChI=1S/C12H16F3NO2/c1-18-7-9(17)2-3-16-6-8-4-10(13)12(15)11(14)5-8/h4-5,9,16-17H,2-3,6-7H2,1H3. The number of aliphatic hydroxyl groups is 1. The van der Waals surface area contributed by atoms with Crippen LogP contribution in [-0.2, 0) is 11.3 Å². The zero-order valence-electron chi connectivity index (χ0n) is 10.0. The lowest BCUT2D eigenvalue weighted by molar-refractivity contribution is 0.0594. The number of nitrogens with one attached hydrogen (secondary N) is 1. The van der Waals surface area contributed by atoms with Crippen molar-refractivity contribution in [2.24, 2.45) is 0 Å². The number of aliphatic hydroxyl groups excluding tert-OH is 1. The third-order valence-electron chi connectivity index (χ3n) is 2.39. The molecule has 0 aliphatic rings. The molecule has 1 atom stereocenters. The van der Waals surface area contributed by atoms with E-state index < -0.39 is 23.6 Å². The van der Waals surface area contributed by atoms with Crippen LogP contribution in [0.2, 0.25) is 0 Å². The number of halogens is 3. The van der Waals surface area contributed by atoms with E-state index in [0.717, 1.165) is 12.1 Å². The van der Waals surface area contributed by atoms with E-state index in [9.17, 15) is 18.3 Å². The van der Waals surface area contributed by atoms with Gasteiger partial charge in [0.2, 0.25) is 0 Å². The molecule has 2 N–H and O–H groups in total. The summed E-state index contributed by atoms with van der Waals surface area (Å²) in [5.74, 6) is -3.87. The van der Waals surface area contributed by atoms with Gasteiger partial charge in [0.1, 0.15) is 0 Å². The van der Waals surface area contributed by atoms with E-state index in [0.29, 0.717) is 18.5 Å². The fourth-order valence-electron chi connectivity index (χ4n) is 1.49. The van der Waals surface area contributed by atoms with Crippen LogP contribution < -0.4 is 5.32 Å². The van der Waals surface area contributed by atoms with E-state index in [1.54, 1.807) is 0 Å². The minimum atomic E-state index is -1.46. The van der Waals surface area contributed by atoms with Crippen LogP contribution in [0.25, 0.3) is 0 Å². The molecule has 0 spiro atoms. The number of hydrogen-bond donors (Lipinski definition) is 2. The summed E-state index contributed by atoms with van der Waals surface area (Å²) in [6, 6.07) is 1.88. The highest BCUT2D eigenvalue weighted by Gasteiger charge is 2.10. The predicted octanol–water partition coefficient (Wildman–Crippen LogP) is 1.59. The molecule has 0 aromatic heterocycles. The van der Waals surface area contributed by atoms with Crippen LogP contribution >= 0.6 is 0 Å². The summed E-state index contributed by atoms with van der Waals surface area (Å²) in [7, 11) is 1.49. The van der Waals surface area contributed by atoms with Gasteiger partial charge in [-0.3, -0.25) is 0 Å². The van der Waals surface area contributed by atoms with E-state index >= 15 is 0 Å². The molecule has 1 unspecified atom stereocenters. The van der Waals surface area contributed by atoms with E-state index in [-0.39, 0.29) is 13.2 Å². The first kappa shape index (κ1) is 14.9. The Morgan fingerprint density at radius 3 is 2.44 bits per heavy atom. The smallest absolute Gasteiger partial charge is 0.194 e. The zero-order valence-corrected chi connectivity index (χ0v) is 10.0. The molecular formula is C12H16F3NO2. The summed E-state index contributed by atoms with van der Waals surface area (Å²) in [6.45, 7) is 0.903. The maximum Gasteiger partial charge on any atom is 0.194 e.